The average molecular weight is 371 g/mol. The smallest absolute Gasteiger partial charge is 0.195 e. The van der Waals surface area contributed by atoms with E-state index in [1.54, 1.807) is 5.51 Å². The SMILES string of the molecule is Fc1ccc(-c2nn3c(c2-c2ccc4ncsc4c2)CCC3)c(F)c1F. The molecule has 5 rings (SSSR count). The van der Waals surface area contributed by atoms with Crippen LogP contribution in [0.4, 0.5) is 13.2 Å². The molecular formula is C19H12F3N3S. The van der Waals surface area contributed by atoms with Crippen LogP contribution in [0.5, 0.6) is 0 Å². The van der Waals surface area contributed by atoms with E-state index in [4.69, 9.17) is 0 Å². The zero-order chi connectivity index (χ0) is 17.8. The van der Waals surface area contributed by atoms with Crippen molar-refractivity contribution >= 4 is 21.6 Å². The number of aryl methyl sites for hydroxylation is 1. The van der Waals surface area contributed by atoms with E-state index < -0.39 is 17.5 Å². The van der Waals surface area contributed by atoms with Crippen molar-refractivity contribution in [1.29, 1.82) is 0 Å². The maximum Gasteiger partial charge on any atom is 0.195 e. The second kappa shape index (κ2) is 5.67. The second-order valence-electron chi connectivity index (χ2n) is 6.25. The van der Waals surface area contributed by atoms with Crippen LogP contribution in [0.3, 0.4) is 0 Å². The van der Waals surface area contributed by atoms with Gasteiger partial charge in [-0.1, -0.05) is 6.07 Å². The van der Waals surface area contributed by atoms with Gasteiger partial charge in [0.15, 0.2) is 17.5 Å². The van der Waals surface area contributed by atoms with Gasteiger partial charge in [0.1, 0.15) is 5.69 Å². The molecule has 3 nitrogen and oxygen atoms in total. The number of halogens is 3. The molecule has 2 aromatic heterocycles. The monoisotopic (exact) mass is 371 g/mol. The van der Waals surface area contributed by atoms with Gasteiger partial charge < -0.3 is 0 Å². The Morgan fingerprint density at radius 2 is 1.92 bits per heavy atom. The Kier molecular flexibility index (Phi) is 3.40. The fourth-order valence-corrected chi connectivity index (χ4v) is 4.26. The molecule has 7 heteroatoms. The molecule has 0 fully saturated rings. The van der Waals surface area contributed by atoms with Gasteiger partial charge in [-0.3, -0.25) is 4.68 Å². The molecule has 1 aliphatic rings. The van der Waals surface area contributed by atoms with Crippen molar-refractivity contribution in [2.24, 2.45) is 0 Å². The summed E-state index contributed by atoms with van der Waals surface area (Å²) in [5, 5.41) is 4.51. The van der Waals surface area contributed by atoms with Gasteiger partial charge in [-0.25, -0.2) is 18.2 Å². The molecule has 0 atom stereocenters. The Balaban J connectivity index is 1.79. The van der Waals surface area contributed by atoms with Crippen LogP contribution >= 0.6 is 11.3 Å². The number of thiazole rings is 1. The van der Waals surface area contributed by atoms with Crippen LogP contribution in [0.15, 0.2) is 35.8 Å². The number of rotatable bonds is 2. The van der Waals surface area contributed by atoms with Crippen LogP contribution in [0.1, 0.15) is 12.1 Å². The molecule has 1 aliphatic heterocycles. The van der Waals surface area contributed by atoms with Crippen LogP contribution in [-0.4, -0.2) is 14.8 Å². The normalized spacial score (nSPS) is 13.5. The summed E-state index contributed by atoms with van der Waals surface area (Å²) in [4.78, 5) is 4.28. The molecule has 26 heavy (non-hydrogen) atoms. The van der Waals surface area contributed by atoms with Gasteiger partial charge in [0.05, 0.1) is 15.7 Å². The van der Waals surface area contributed by atoms with E-state index in [1.165, 1.54) is 17.4 Å². The lowest BCUT2D eigenvalue weighted by atomic mass is 9.97. The van der Waals surface area contributed by atoms with E-state index in [0.29, 0.717) is 5.69 Å². The maximum absolute atomic E-state index is 14.4. The topological polar surface area (TPSA) is 30.7 Å². The number of nitrogens with zero attached hydrogens (tertiary/aromatic N) is 3. The minimum Gasteiger partial charge on any atom is -0.268 e. The molecule has 0 unspecified atom stereocenters. The van der Waals surface area contributed by atoms with Crippen LogP contribution in [0, 0.1) is 17.5 Å². The van der Waals surface area contributed by atoms with Gasteiger partial charge in [0.2, 0.25) is 0 Å². The first kappa shape index (κ1) is 15.6. The van der Waals surface area contributed by atoms with E-state index in [1.807, 2.05) is 22.9 Å². The number of hydrogen-bond donors (Lipinski definition) is 0. The zero-order valence-electron chi connectivity index (χ0n) is 13.5. The summed E-state index contributed by atoms with van der Waals surface area (Å²) in [7, 11) is 0. The summed E-state index contributed by atoms with van der Waals surface area (Å²) >= 11 is 1.52. The molecule has 0 N–H and O–H groups in total. The highest BCUT2D eigenvalue weighted by molar-refractivity contribution is 7.16. The minimum absolute atomic E-state index is 0.0230. The molecule has 130 valence electrons. The van der Waals surface area contributed by atoms with E-state index in [-0.39, 0.29) is 5.56 Å². The molecule has 0 spiro atoms. The van der Waals surface area contributed by atoms with Crippen LogP contribution < -0.4 is 0 Å². The molecular weight excluding hydrogens is 359 g/mol. The molecule has 0 amide bonds. The Labute approximate surface area is 150 Å². The fraction of sp³-hybridized carbons (Fsp3) is 0.158. The van der Waals surface area contributed by atoms with Crippen LogP contribution in [0.25, 0.3) is 32.6 Å². The van der Waals surface area contributed by atoms with Gasteiger partial charge in [0.25, 0.3) is 0 Å². The molecule has 2 aromatic carbocycles. The Morgan fingerprint density at radius 3 is 2.81 bits per heavy atom. The van der Waals surface area contributed by atoms with Crippen molar-refractivity contribution in [2.45, 2.75) is 19.4 Å². The van der Waals surface area contributed by atoms with E-state index in [0.717, 1.165) is 52.5 Å². The number of fused-ring (bicyclic) bond motifs is 2. The zero-order valence-corrected chi connectivity index (χ0v) is 14.3. The number of hydrogen-bond acceptors (Lipinski definition) is 3. The van der Waals surface area contributed by atoms with Gasteiger partial charge in [-0.2, -0.15) is 5.10 Å². The molecule has 4 aromatic rings. The van der Waals surface area contributed by atoms with Gasteiger partial charge in [-0.15, -0.1) is 11.3 Å². The van der Waals surface area contributed by atoms with Crippen molar-refractivity contribution in [3.63, 3.8) is 0 Å². The molecule has 3 heterocycles. The minimum atomic E-state index is -1.47. The Bertz CT molecular complexity index is 1160. The summed E-state index contributed by atoms with van der Waals surface area (Å²) in [5.41, 5.74) is 5.64. The lowest BCUT2D eigenvalue weighted by Crippen LogP contribution is -1.97. The third-order valence-corrected chi connectivity index (χ3v) is 5.54. The fourth-order valence-electron chi connectivity index (χ4n) is 3.54. The summed E-state index contributed by atoms with van der Waals surface area (Å²) in [6.45, 7) is 0.733. The largest absolute Gasteiger partial charge is 0.268 e. The average Bonchev–Trinajstić information content (AvgIpc) is 3.34. The Hall–Kier alpha value is -2.67. The second-order valence-corrected chi connectivity index (χ2v) is 7.14. The van der Waals surface area contributed by atoms with Crippen molar-refractivity contribution in [1.82, 2.24) is 14.8 Å². The highest BCUT2D eigenvalue weighted by Gasteiger charge is 2.27. The van der Waals surface area contributed by atoms with Crippen molar-refractivity contribution in [2.75, 3.05) is 0 Å². The number of benzene rings is 2. The van der Waals surface area contributed by atoms with Crippen molar-refractivity contribution in [3.05, 3.63) is 59.0 Å². The van der Waals surface area contributed by atoms with Gasteiger partial charge in [0, 0.05) is 23.4 Å². The summed E-state index contributed by atoms with van der Waals surface area (Å²) in [6.07, 6.45) is 1.77. The van der Waals surface area contributed by atoms with Gasteiger partial charge >= 0.3 is 0 Å². The van der Waals surface area contributed by atoms with E-state index in [9.17, 15) is 13.2 Å². The predicted molar refractivity (Wildman–Crippen MR) is 94.5 cm³/mol. The van der Waals surface area contributed by atoms with Gasteiger partial charge in [-0.05, 0) is 42.7 Å². The summed E-state index contributed by atoms with van der Waals surface area (Å²) in [6, 6.07) is 8.00. The third kappa shape index (κ3) is 2.20. The maximum atomic E-state index is 14.4. The lowest BCUT2D eigenvalue weighted by molar-refractivity contribution is 0.448. The molecule has 0 saturated carbocycles. The highest BCUT2D eigenvalue weighted by Crippen LogP contribution is 2.40. The third-order valence-electron chi connectivity index (χ3n) is 4.75. The Morgan fingerprint density at radius 1 is 1.04 bits per heavy atom. The predicted octanol–water partition coefficient (Wildman–Crippen LogP) is 5.19. The quantitative estimate of drug-likeness (QED) is 0.454. The number of aromatic nitrogens is 3. The van der Waals surface area contributed by atoms with Crippen LogP contribution in [-0.2, 0) is 13.0 Å². The van der Waals surface area contributed by atoms with Crippen molar-refractivity contribution in [3.8, 4) is 22.4 Å². The molecule has 0 saturated heterocycles. The lowest BCUT2D eigenvalue weighted by Gasteiger charge is -2.07. The standard InChI is InChI=1S/C19H12F3N3S/c20-12-5-4-11(17(21)18(12)22)19-16(14-2-1-7-25(14)24-19)10-3-6-13-15(8-10)26-9-23-13/h3-6,8-9H,1-2,7H2. The first-order chi connectivity index (χ1) is 12.6. The molecule has 0 bridgehead atoms. The van der Waals surface area contributed by atoms with Crippen molar-refractivity contribution < 1.29 is 13.2 Å². The summed E-state index contributed by atoms with van der Waals surface area (Å²) < 4.78 is 44.4. The first-order valence-corrected chi connectivity index (χ1v) is 9.08. The highest BCUT2D eigenvalue weighted by atomic mass is 32.1. The molecule has 0 radical (unpaired) electrons. The van der Waals surface area contributed by atoms with Crippen LogP contribution in [0.2, 0.25) is 0 Å². The summed E-state index contributed by atoms with van der Waals surface area (Å²) in [5.74, 6) is -3.88. The van der Waals surface area contributed by atoms with E-state index in [2.05, 4.69) is 10.1 Å². The van der Waals surface area contributed by atoms with E-state index >= 15 is 0 Å². The molecule has 0 aliphatic carbocycles. The first-order valence-electron chi connectivity index (χ1n) is 8.20.